The van der Waals surface area contributed by atoms with Crippen molar-refractivity contribution >= 4 is 6.03 Å². The van der Waals surface area contributed by atoms with Gasteiger partial charge in [0.15, 0.2) is 0 Å². The van der Waals surface area contributed by atoms with Crippen molar-refractivity contribution in [2.75, 3.05) is 19.6 Å². The number of fused-ring (bicyclic) bond motifs is 1. The number of rotatable bonds is 4. The number of aromatic nitrogens is 2. The predicted molar refractivity (Wildman–Crippen MR) is 113 cm³/mol. The van der Waals surface area contributed by atoms with Crippen molar-refractivity contribution in [3.8, 4) is 0 Å². The number of nitrogens with zero attached hydrogens (tertiary/aromatic N) is 3. The summed E-state index contributed by atoms with van der Waals surface area (Å²) in [6, 6.07) is 8.28. The molecule has 2 aliphatic heterocycles. The van der Waals surface area contributed by atoms with E-state index in [0.29, 0.717) is 38.9 Å². The Morgan fingerprint density at radius 2 is 2.07 bits per heavy atom. The van der Waals surface area contributed by atoms with Crippen LogP contribution in [0.15, 0.2) is 30.5 Å². The summed E-state index contributed by atoms with van der Waals surface area (Å²) in [6.07, 6.45) is 6.16. The average molecular weight is 397 g/mol. The van der Waals surface area contributed by atoms with Gasteiger partial charge in [-0.3, -0.25) is 0 Å². The summed E-state index contributed by atoms with van der Waals surface area (Å²) in [5.74, 6) is 1.38. The topological polar surface area (TPSA) is 70.4 Å². The second-order valence-corrected chi connectivity index (χ2v) is 8.84. The number of benzene rings is 1. The highest BCUT2D eigenvalue weighted by Gasteiger charge is 2.34. The molecule has 0 spiro atoms. The van der Waals surface area contributed by atoms with Gasteiger partial charge in [-0.1, -0.05) is 29.8 Å². The smallest absolute Gasteiger partial charge is 0.317 e. The van der Waals surface area contributed by atoms with E-state index in [2.05, 4.69) is 46.2 Å². The number of likely N-dealkylation sites (tertiary alicyclic amines) is 1. The molecule has 2 aromatic rings. The summed E-state index contributed by atoms with van der Waals surface area (Å²) < 4.78 is 2.22. The molecule has 1 unspecified atom stereocenters. The Hall–Kier alpha value is -2.34. The van der Waals surface area contributed by atoms with E-state index in [1.165, 1.54) is 5.56 Å². The van der Waals surface area contributed by atoms with Gasteiger partial charge in [0.25, 0.3) is 0 Å². The maximum atomic E-state index is 12.7. The number of hydrogen-bond donors (Lipinski definition) is 2. The van der Waals surface area contributed by atoms with Crippen molar-refractivity contribution in [3.63, 3.8) is 0 Å². The second kappa shape index (κ2) is 8.19. The van der Waals surface area contributed by atoms with Gasteiger partial charge in [0, 0.05) is 44.7 Å². The average Bonchev–Trinajstić information content (AvgIpc) is 3.07. The van der Waals surface area contributed by atoms with Crippen LogP contribution in [0.25, 0.3) is 0 Å². The highest BCUT2D eigenvalue weighted by atomic mass is 16.3. The van der Waals surface area contributed by atoms with Crippen LogP contribution < -0.4 is 5.32 Å². The standard InChI is InChI=1S/C23H32N4O2/c1-17-5-3-6-19(13-17)14-23(29)8-11-26(12-9-23)22(28)24-15-20-7-4-10-27-16-18(2)25-21(20)27/h3,5-6,13,16,20,29H,4,7-12,14-15H2,1-2H3,(H,24,28). The van der Waals surface area contributed by atoms with Crippen molar-refractivity contribution in [1.82, 2.24) is 19.8 Å². The fraction of sp³-hybridized carbons (Fsp3) is 0.565. The first-order chi connectivity index (χ1) is 13.9. The summed E-state index contributed by atoms with van der Waals surface area (Å²) in [5, 5.41) is 14.1. The Bertz CT molecular complexity index is 868. The molecule has 1 saturated heterocycles. The van der Waals surface area contributed by atoms with Crippen molar-refractivity contribution < 1.29 is 9.90 Å². The first-order valence-corrected chi connectivity index (χ1v) is 10.8. The molecule has 0 bridgehead atoms. The van der Waals surface area contributed by atoms with Gasteiger partial charge >= 0.3 is 6.03 Å². The molecule has 3 heterocycles. The third kappa shape index (κ3) is 4.64. The molecule has 0 aliphatic carbocycles. The van der Waals surface area contributed by atoms with Crippen LogP contribution in [-0.4, -0.2) is 50.8 Å². The largest absolute Gasteiger partial charge is 0.389 e. The molecular weight excluding hydrogens is 364 g/mol. The SMILES string of the molecule is Cc1cccc(CC2(O)CCN(C(=O)NCC3CCCn4cc(C)nc43)CC2)c1. The molecule has 1 aromatic heterocycles. The minimum Gasteiger partial charge on any atom is -0.389 e. The van der Waals surface area contributed by atoms with Gasteiger partial charge in [0.05, 0.1) is 11.3 Å². The van der Waals surface area contributed by atoms with Crippen LogP contribution in [0.5, 0.6) is 0 Å². The van der Waals surface area contributed by atoms with Gasteiger partial charge in [0.2, 0.25) is 0 Å². The van der Waals surface area contributed by atoms with Gasteiger partial charge in [-0.2, -0.15) is 0 Å². The molecule has 1 fully saturated rings. The fourth-order valence-electron chi connectivity index (χ4n) is 4.73. The number of carbonyl (C=O) groups excluding carboxylic acids is 1. The van der Waals surface area contributed by atoms with Crippen LogP contribution in [0.2, 0.25) is 0 Å². The van der Waals surface area contributed by atoms with Crippen LogP contribution in [0, 0.1) is 13.8 Å². The van der Waals surface area contributed by atoms with Crippen LogP contribution in [0.3, 0.4) is 0 Å². The van der Waals surface area contributed by atoms with E-state index >= 15 is 0 Å². The van der Waals surface area contributed by atoms with Gasteiger partial charge in [-0.25, -0.2) is 9.78 Å². The zero-order valence-electron chi connectivity index (χ0n) is 17.5. The third-order valence-corrected chi connectivity index (χ3v) is 6.34. The lowest BCUT2D eigenvalue weighted by Gasteiger charge is -2.38. The molecule has 0 radical (unpaired) electrons. The minimum atomic E-state index is -0.726. The molecule has 6 heteroatoms. The van der Waals surface area contributed by atoms with E-state index in [-0.39, 0.29) is 11.9 Å². The lowest BCUT2D eigenvalue weighted by molar-refractivity contribution is -0.0116. The van der Waals surface area contributed by atoms with E-state index in [1.807, 2.05) is 17.9 Å². The van der Waals surface area contributed by atoms with Crippen LogP contribution in [0.1, 0.15) is 54.2 Å². The quantitative estimate of drug-likeness (QED) is 0.834. The third-order valence-electron chi connectivity index (χ3n) is 6.34. The summed E-state index contributed by atoms with van der Waals surface area (Å²) in [7, 11) is 0. The molecule has 2 N–H and O–H groups in total. The first-order valence-electron chi connectivity index (χ1n) is 10.8. The lowest BCUT2D eigenvalue weighted by atomic mass is 9.85. The van der Waals surface area contributed by atoms with E-state index in [1.54, 1.807) is 0 Å². The Balaban J connectivity index is 1.28. The highest BCUT2D eigenvalue weighted by Crippen LogP contribution is 2.28. The van der Waals surface area contributed by atoms with Gasteiger partial charge < -0.3 is 19.9 Å². The number of imidazole rings is 1. The molecule has 6 nitrogen and oxygen atoms in total. The van der Waals surface area contributed by atoms with Crippen LogP contribution >= 0.6 is 0 Å². The minimum absolute atomic E-state index is 0.0250. The predicted octanol–water partition coefficient (Wildman–Crippen LogP) is 3.16. The molecular formula is C23H32N4O2. The molecule has 1 aromatic carbocycles. The summed E-state index contributed by atoms with van der Waals surface area (Å²) >= 11 is 0. The Morgan fingerprint density at radius 1 is 1.28 bits per heavy atom. The molecule has 4 rings (SSSR count). The number of carbonyl (C=O) groups is 1. The van der Waals surface area contributed by atoms with E-state index < -0.39 is 5.60 Å². The van der Waals surface area contributed by atoms with Gasteiger partial charge in [0.1, 0.15) is 5.82 Å². The Kier molecular flexibility index (Phi) is 5.63. The number of amides is 2. The summed E-state index contributed by atoms with van der Waals surface area (Å²) in [6.45, 7) is 6.91. The van der Waals surface area contributed by atoms with Gasteiger partial charge in [-0.05, 0) is 45.1 Å². The maximum Gasteiger partial charge on any atom is 0.317 e. The molecule has 1 atom stereocenters. The van der Waals surface area contributed by atoms with Crippen LogP contribution in [-0.2, 0) is 13.0 Å². The summed E-state index contributed by atoms with van der Waals surface area (Å²) in [4.78, 5) is 19.2. The molecule has 2 aliphatic rings. The zero-order chi connectivity index (χ0) is 20.4. The summed E-state index contributed by atoms with van der Waals surface area (Å²) in [5.41, 5.74) is 2.69. The highest BCUT2D eigenvalue weighted by molar-refractivity contribution is 5.74. The first kappa shape index (κ1) is 20.0. The zero-order valence-corrected chi connectivity index (χ0v) is 17.5. The Labute approximate surface area is 172 Å². The van der Waals surface area contributed by atoms with E-state index in [4.69, 9.17) is 0 Å². The number of nitrogens with one attached hydrogen (secondary N) is 1. The van der Waals surface area contributed by atoms with Crippen LogP contribution in [0.4, 0.5) is 4.79 Å². The Morgan fingerprint density at radius 3 is 2.83 bits per heavy atom. The van der Waals surface area contributed by atoms with Crippen molar-refractivity contribution in [2.45, 2.75) is 64.0 Å². The number of aliphatic hydroxyl groups is 1. The van der Waals surface area contributed by atoms with E-state index in [9.17, 15) is 9.90 Å². The van der Waals surface area contributed by atoms with Crippen molar-refractivity contribution in [3.05, 3.63) is 53.1 Å². The second-order valence-electron chi connectivity index (χ2n) is 8.84. The number of urea groups is 1. The normalized spacial score (nSPS) is 20.9. The van der Waals surface area contributed by atoms with Crippen molar-refractivity contribution in [2.24, 2.45) is 0 Å². The maximum absolute atomic E-state index is 12.7. The van der Waals surface area contributed by atoms with Crippen molar-refractivity contribution in [1.29, 1.82) is 0 Å². The number of aryl methyl sites for hydroxylation is 3. The molecule has 0 saturated carbocycles. The fourth-order valence-corrected chi connectivity index (χ4v) is 4.73. The van der Waals surface area contributed by atoms with Gasteiger partial charge in [-0.15, -0.1) is 0 Å². The van der Waals surface area contributed by atoms with E-state index in [0.717, 1.165) is 36.5 Å². The monoisotopic (exact) mass is 396 g/mol. The number of piperidine rings is 1. The number of hydrogen-bond acceptors (Lipinski definition) is 3. The lowest BCUT2D eigenvalue weighted by Crippen LogP contribution is -2.51. The molecule has 156 valence electrons. The molecule has 2 amide bonds. The molecule has 29 heavy (non-hydrogen) atoms.